The van der Waals surface area contributed by atoms with Crippen LogP contribution in [-0.4, -0.2) is 0 Å². The standard InChI is InChI=1S/2C26H27N2O/c1-14(2)21-13-23(28(8)18(6)17(21)5)24-15(3)9-10-20-22-12-19(27-7)11-16(4)25(22)29-26(20)24;1-14(2)20-13-23(28(8)18(6)17(20)5)25-15(3)9-10-19-21-12-22(27-7)16(4)11-24(21)29-26(19)25/h2*9-14H,1-6,8H3/q2*+1/i2*1D3,5D3,13D,14D. The minimum Gasteiger partial charge on any atom is -0.455 e. The molecule has 2 unspecified atom stereocenters. The van der Waals surface area contributed by atoms with E-state index in [0.717, 1.165) is 46.9 Å². The minimum atomic E-state index is -2.89. The fourth-order valence-electron chi connectivity index (χ4n) is 7.62. The van der Waals surface area contributed by atoms with E-state index in [9.17, 15) is 0 Å². The highest BCUT2D eigenvalue weighted by Crippen LogP contribution is 2.42. The molecule has 0 aliphatic carbocycles. The lowest BCUT2D eigenvalue weighted by atomic mass is 9.93. The Bertz CT molecular complexity index is 3760. The molecule has 4 aromatic heterocycles. The summed E-state index contributed by atoms with van der Waals surface area (Å²) in [7, 11) is 3.25. The maximum atomic E-state index is 9.17. The van der Waals surface area contributed by atoms with Crippen molar-refractivity contribution in [1.82, 2.24) is 0 Å². The summed E-state index contributed by atoms with van der Waals surface area (Å²) in [6, 6.07) is 13.8. The van der Waals surface area contributed by atoms with E-state index in [-0.39, 0.29) is 57.1 Å². The number of furan rings is 2. The molecule has 292 valence electrons. The van der Waals surface area contributed by atoms with Crippen molar-refractivity contribution in [3.8, 4) is 22.5 Å². The molecule has 0 radical (unpaired) electrons. The van der Waals surface area contributed by atoms with Crippen molar-refractivity contribution >= 4 is 55.3 Å². The van der Waals surface area contributed by atoms with E-state index >= 15 is 0 Å². The Morgan fingerprint density at radius 1 is 0.621 bits per heavy atom. The monoisotopic (exact) mass is 783 g/mol. The molecule has 0 saturated heterocycles. The third-order valence-corrected chi connectivity index (χ3v) is 11.1. The van der Waals surface area contributed by atoms with Crippen LogP contribution in [0.5, 0.6) is 0 Å². The highest BCUT2D eigenvalue weighted by Gasteiger charge is 2.27. The zero-order valence-corrected chi connectivity index (χ0v) is 34.2. The number of hydrogen-bond acceptors (Lipinski definition) is 2. The lowest BCUT2D eigenvalue weighted by Gasteiger charge is -2.14. The molecule has 0 bridgehead atoms. The summed E-state index contributed by atoms with van der Waals surface area (Å²) in [5, 5.41) is 2.89. The maximum absolute atomic E-state index is 9.17. The van der Waals surface area contributed by atoms with E-state index in [0.29, 0.717) is 55.6 Å². The van der Waals surface area contributed by atoms with Crippen LogP contribution in [0.4, 0.5) is 11.4 Å². The number of hydrogen-bond donors (Lipinski definition) is 0. The lowest BCUT2D eigenvalue weighted by Crippen LogP contribution is -2.36. The Morgan fingerprint density at radius 3 is 1.66 bits per heavy atom. The van der Waals surface area contributed by atoms with Crippen LogP contribution in [0.3, 0.4) is 0 Å². The van der Waals surface area contributed by atoms with Gasteiger partial charge in [-0.1, -0.05) is 51.8 Å². The van der Waals surface area contributed by atoms with Crippen molar-refractivity contribution in [2.75, 3.05) is 0 Å². The third kappa shape index (κ3) is 6.42. The quantitative estimate of drug-likeness (QED) is 0.132. The van der Waals surface area contributed by atoms with Crippen molar-refractivity contribution in [2.45, 2.75) is 94.6 Å². The van der Waals surface area contributed by atoms with Gasteiger partial charge in [-0.3, -0.25) is 0 Å². The van der Waals surface area contributed by atoms with Crippen molar-refractivity contribution in [3.63, 3.8) is 0 Å². The average molecular weight is 783 g/mol. The Hall–Kier alpha value is -6.24. The van der Waals surface area contributed by atoms with Crippen LogP contribution in [0.2, 0.25) is 0 Å². The lowest BCUT2D eigenvalue weighted by molar-refractivity contribution is -0.667. The van der Waals surface area contributed by atoms with E-state index in [1.54, 1.807) is 61.3 Å². The number of fused-ring (bicyclic) bond motifs is 6. The molecule has 0 fully saturated rings. The molecule has 4 aromatic carbocycles. The second-order valence-electron chi connectivity index (χ2n) is 15.0. The third-order valence-electron chi connectivity index (χ3n) is 11.1. The molecule has 2 atom stereocenters. The summed E-state index contributed by atoms with van der Waals surface area (Å²) >= 11 is 0. The summed E-state index contributed by atoms with van der Waals surface area (Å²) in [5.74, 6) is -4.72. The van der Waals surface area contributed by atoms with Gasteiger partial charge in [0.15, 0.2) is 22.8 Å². The molecule has 0 amide bonds. The number of aromatic nitrogens is 2. The normalized spacial score (nSPS) is 18.5. The number of aryl methyl sites for hydroxylation is 4. The molecule has 58 heavy (non-hydrogen) atoms. The number of benzene rings is 4. The van der Waals surface area contributed by atoms with Gasteiger partial charge in [-0.25, -0.2) is 9.69 Å². The number of rotatable bonds is 4. The van der Waals surface area contributed by atoms with Gasteiger partial charge in [0.2, 0.25) is 11.4 Å². The van der Waals surface area contributed by atoms with E-state index in [1.165, 1.54) is 0 Å². The van der Waals surface area contributed by atoms with Gasteiger partial charge in [0.25, 0.3) is 0 Å². The van der Waals surface area contributed by atoms with Crippen molar-refractivity contribution in [3.05, 3.63) is 139 Å². The van der Waals surface area contributed by atoms with Gasteiger partial charge in [-0.05, 0) is 111 Å². The van der Waals surface area contributed by atoms with E-state index in [2.05, 4.69) is 9.69 Å². The van der Waals surface area contributed by atoms with Gasteiger partial charge in [-0.15, -0.1) is 0 Å². The van der Waals surface area contributed by atoms with Gasteiger partial charge in [0, 0.05) is 77.8 Å². The first kappa shape index (κ1) is 24.5. The molecule has 4 heterocycles. The molecular weight excluding hydrogens is 713 g/mol. The number of pyridine rings is 2. The summed E-state index contributed by atoms with van der Waals surface area (Å²) in [5.41, 5.74) is 6.67. The smallest absolute Gasteiger partial charge is 0.216 e. The zero-order chi connectivity index (χ0) is 55.7. The van der Waals surface area contributed by atoms with E-state index in [4.69, 9.17) is 43.9 Å². The highest BCUT2D eigenvalue weighted by molar-refractivity contribution is 6.12. The Labute approximate surface area is 365 Å². The summed E-state index contributed by atoms with van der Waals surface area (Å²) in [6.45, 7) is 16.3. The molecule has 0 N–H and O–H groups in total. The van der Waals surface area contributed by atoms with Crippen LogP contribution in [0, 0.1) is 68.4 Å². The summed E-state index contributed by atoms with van der Waals surface area (Å²) < 4.78 is 149. The molecule has 6 heteroatoms. The topological polar surface area (TPSA) is 42.8 Å². The molecular formula is C52H54N4O2+2. The van der Waals surface area contributed by atoms with Gasteiger partial charge in [0.1, 0.15) is 36.4 Å². The molecule has 6 nitrogen and oxygen atoms in total. The van der Waals surface area contributed by atoms with Crippen LogP contribution >= 0.6 is 0 Å². The van der Waals surface area contributed by atoms with Crippen LogP contribution in [0.1, 0.15) is 117 Å². The van der Waals surface area contributed by atoms with Gasteiger partial charge in [0.05, 0.1) is 27.0 Å². The summed E-state index contributed by atoms with van der Waals surface area (Å²) in [6.07, 6.45) is 0. The van der Waals surface area contributed by atoms with Crippen molar-refractivity contribution < 1.29 is 39.9 Å². The second-order valence-corrected chi connectivity index (χ2v) is 15.0. The first-order valence-corrected chi connectivity index (χ1v) is 18.6. The first-order valence-electron chi connectivity index (χ1n) is 26.6. The molecule has 8 aromatic rings. The Kier molecular flexibility index (Phi) is 6.31. The Morgan fingerprint density at radius 2 is 1.16 bits per heavy atom. The SMILES string of the molecule is [2H]c1c(C([2H])(C)C([2H])([2H])[2H])c(C([2H])([2H])[2H])c(C)[n+](C)c1-c1c(C)ccc2c1oc1c(C)cc([N+]#[C-])cc12.[2H]c1c(C([2H])(C)C([2H])([2H])[2H])c(C([2H])([2H])[2H])c(C)[n+](C)c1-c1c(C)ccc2c1oc1cc(C)c([N+]#[C-])cc12. The van der Waals surface area contributed by atoms with Crippen molar-refractivity contribution in [2.24, 2.45) is 14.1 Å². The van der Waals surface area contributed by atoms with Crippen LogP contribution in [0.25, 0.3) is 76.1 Å². The molecule has 0 spiro atoms. The predicted molar refractivity (Wildman–Crippen MR) is 239 cm³/mol. The fraction of sp³-hybridized carbons (Fsp3) is 0.308. The Balaban J connectivity index is 0.000000216. The minimum absolute atomic E-state index is 0.238. The van der Waals surface area contributed by atoms with Gasteiger partial charge < -0.3 is 8.83 Å². The molecule has 0 aliphatic rings. The van der Waals surface area contributed by atoms with Crippen LogP contribution < -0.4 is 9.13 Å². The van der Waals surface area contributed by atoms with E-state index in [1.807, 2.05) is 52.0 Å². The largest absolute Gasteiger partial charge is 0.455 e. The summed E-state index contributed by atoms with van der Waals surface area (Å²) in [4.78, 5) is 7.13. The molecule has 0 saturated carbocycles. The van der Waals surface area contributed by atoms with Crippen LogP contribution in [0.15, 0.2) is 69.5 Å². The van der Waals surface area contributed by atoms with Crippen molar-refractivity contribution in [1.29, 1.82) is 0 Å². The first-order chi connectivity index (χ1) is 33.9. The maximum Gasteiger partial charge on any atom is 0.216 e. The van der Waals surface area contributed by atoms with E-state index < -0.39 is 39.2 Å². The van der Waals surface area contributed by atoms with Gasteiger partial charge in [-0.2, -0.15) is 9.13 Å². The predicted octanol–water partition coefficient (Wildman–Crippen LogP) is 14.0. The molecule has 0 aliphatic heterocycles. The zero-order valence-electron chi connectivity index (χ0n) is 50.2. The highest BCUT2D eigenvalue weighted by atomic mass is 16.3. The number of nitrogens with zero attached hydrogens (tertiary/aromatic N) is 4. The average Bonchev–Trinajstić information content (AvgIpc) is 3.83. The van der Waals surface area contributed by atoms with Gasteiger partial charge >= 0.3 is 0 Å². The second kappa shape index (κ2) is 14.9. The fourth-order valence-corrected chi connectivity index (χ4v) is 7.62. The van der Waals surface area contributed by atoms with Crippen LogP contribution in [-0.2, 0) is 14.1 Å². The molecule has 8 rings (SSSR count).